The van der Waals surface area contributed by atoms with Gasteiger partial charge < -0.3 is 4.74 Å². The first kappa shape index (κ1) is 17.1. The number of hydrogen-bond acceptors (Lipinski definition) is 2. The fourth-order valence-electron chi connectivity index (χ4n) is 0.947. The summed E-state index contributed by atoms with van der Waals surface area (Å²) in [7, 11) is 0. The summed E-state index contributed by atoms with van der Waals surface area (Å²) in [5.41, 5.74) is 1.21. The van der Waals surface area contributed by atoms with Crippen molar-refractivity contribution in [3.63, 3.8) is 0 Å². The number of ether oxygens (including phenoxy) is 1. The van der Waals surface area contributed by atoms with E-state index >= 15 is 0 Å². The molecule has 92 valence electrons. The third-order valence-corrected chi connectivity index (χ3v) is 1.74. The van der Waals surface area contributed by atoms with Crippen molar-refractivity contribution in [3.05, 3.63) is 29.8 Å². The Bertz CT molecular complexity index is 275. The molecule has 0 aliphatic carbocycles. The Morgan fingerprint density at radius 2 is 1.69 bits per heavy atom. The maximum atomic E-state index is 10.6. The van der Waals surface area contributed by atoms with Gasteiger partial charge in [0, 0.05) is 6.42 Å². The molecule has 0 aliphatic rings. The van der Waals surface area contributed by atoms with E-state index in [0.717, 1.165) is 5.75 Å². The second-order valence-corrected chi connectivity index (χ2v) is 3.11. The molecular weight excluding hydrogens is 200 g/mol. The molecule has 0 bridgehead atoms. The molecule has 0 unspecified atom stereocenters. The number of ketones is 1. The third-order valence-electron chi connectivity index (χ3n) is 1.74. The second kappa shape index (κ2) is 10.2. The molecule has 0 N–H and O–H groups in total. The van der Waals surface area contributed by atoms with E-state index in [2.05, 4.69) is 0 Å². The normalized spacial score (nSPS) is 8.25. The van der Waals surface area contributed by atoms with Crippen LogP contribution in [0.25, 0.3) is 0 Å². The quantitative estimate of drug-likeness (QED) is 0.772. The van der Waals surface area contributed by atoms with Gasteiger partial charge in [0.2, 0.25) is 0 Å². The van der Waals surface area contributed by atoms with Crippen LogP contribution in [0.3, 0.4) is 0 Å². The summed E-state index contributed by atoms with van der Waals surface area (Å²) in [5.74, 6) is 0.985. The van der Waals surface area contributed by atoms with Gasteiger partial charge >= 0.3 is 0 Å². The lowest BCUT2D eigenvalue weighted by atomic mass is 10.2. The maximum Gasteiger partial charge on any atom is 0.133 e. The van der Waals surface area contributed by atoms with Crippen molar-refractivity contribution in [3.8, 4) is 5.75 Å². The van der Waals surface area contributed by atoms with E-state index in [0.29, 0.717) is 13.0 Å². The fourth-order valence-corrected chi connectivity index (χ4v) is 0.947. The molecule has 0 atom stereocenters. The van der Waals surface area contributed by atoms with Crippen molar-refractivity contribution < 1.29 is 9.53 Å². The number of benzene rings is 1. The summed E-state index contributed by atoms with van der Waals surface area (Å²) >= 11 is 0. The standard InChI is InChI=1S/C11H14O2.C2H6.CH4/c1-9-3-5-11(6-4-9)13-8-7-10(2)12;1-2;/h3-6H,7-8H2,1-2H3;1-2H3;1H4. The molecule has 0 amide bonds. The average molecular weight is 224 g/mol. The summed E-state index contributed by atoms with van der Waals surface area (Å²) in [5, 5.41) is 0. The van der Waals surface area contributed by atoms with Crippen LogP contribution in [0.15, 0.2) is 24.3 Å². The minimum absolute atomic E-state index is 0. The van der Waals surface area contributed by atoms with Crippen LogP contribution in [-0.2, 0) is 4.79 Å². The zero-order chi connectivity index (χ0) is 11.7. The SMILES string of the molecule is C.CC.CC(=O)CCOc1ccc(C)cc1. The van der Waals surface area contributed by atoms with Crippen LogP contribution in [0, 0.1) is 6.92 Å². The topological polar surface area (TPSA) is 26.3 Å². The number of rotatable bonds is 4. The van der Waals surface area contributed by atoms with Crippen molar-refractivity contribution in [1.29, 1.82) is 0 Å². The van der Waals surface area contributed by atoms with E-state index in [-0.39, 0.29) is 13.2 Å². The fraction of sp³-hybridized carbons (Fsp3) is 0.500. The van der Waals surface area contributed by atoms with Crippen LogP contribution in [0.1, 0.15) is 40.2 Å². The summed E-state index contributed by atoms with van der Waals surface area (Å²) in [6.07, 6.45) is 0.480. The monoisotopic (exact) mass is 224 g/mol. The van der Waals surface area contributed by atoms with Gasteiger partial charge in [-0.1, -0.05) is 39.0 Å². The van der Waals surface area contributed by atoms with Crippen LogP contribution in [0.5, 0.6) is 5.75 Å². The predicted molar refractivity (Wildman–Crippen MR) is 70.1 cm³/mol. The molecule has 0 radical (unpaired) electrons. The lowest BCUT2D eigenvalue weighted by Crippen LogP contribution is -2.02. The number of hydrogen-bond donors (Lipinski definition) is 0. The summed E-state index contributed by atoms with van der Waals surface area (Å²) in [6, 6.07) is 7.80. The molecule has 0 aromatic heterocycles. The Balaban J connectivity index is 0. The Morgan fingerprint density at radius 1 is 1.19 bits per heavy atom. The molecule has 0 heterocycles. The molecule has 1 aromatic carbocycles. The minimum atomic E-state index is 0. The number of carbonyl (C=O) groups is 1. The van der Waals surface area contributed by atoms with Crippen molar-refractivity contribution >= 4 is 5.78 Å². The minimum Gasteiger partial charge on any atom is -0.493 e. The first-order chi connectivity index (χ1) is 7.18. The van der Waals surface area contributed by atoms with Gasteiger partial charge in [-0.25, -0.2) is 0 Å². The van der Waals surface area contributed by atoms with E-state index in [4.69, 9.17) is 4.74 Å². The van der Waals surface area contributed by atoms with Crippen molar-refractivity contribution in [2.24, 2.45) is 0 Å². The van der Waals surface area contributed by atoms with E-state index in [1.807, 2.05) is 45.0 Å². The van der Waals surface area contributed by atoms with Crippen LogP contribution in [0.2, 0.25) is 0 Å². The Hall–Kier alpha value is -1.31. The van der Waals surface area contributed by atoms with Crippen LogP contribution >= 0.6 is 0 Å². The van der Waals surface area contributed by atoms with E-state index in [1.165, 1.54) is 5.56 Å². The van der Waals surface area contributed by atoms with E-state index in [9.17, 15) is 4.79 Å². The van der Waals surface area contributed by atoms with Gasteiger partial charge in [0.05, 0.1) is 6.61 Å². The predicted octanol–water partition coefficient (Wildman–Crippen LogP) is 4.02. The van der Waals surface area contributed by atoms with Crippen molar-refractivity contribution in [2.75, 3.05) is 6.61 Å². The molecule has 0 fully saturated rings. The maximum absolute atomic E-state index is 10.6. The largest absolute Gasteiger partial charge is 0.493 e. The molecule has 0 spiro atoms. The first-order valence-electron chi connectivity index (χ1n) is 5.37. The Kier molecular flexibility index (Phi) is 10.9. The second-order valence-electron chi connectivity index (χ2n) is 3.11. The first-order valence-corrected chi connectivity index (χ1v) is 5.37. The highest BCUT2D eigenvalue weighted by Crippen LogP contribution is 2.11. The van der Waals surface area contributed by atoms with E-state index in [1.54, 1.807) is 6.92 Å². The molecule has 2 heteroatoms. The number of aryl methyl sites for hydroxylation is 1. The molecule has 0 aliphatic heterocycles. The Morgan fingerprint density at radius 3 is 2.12 bits per heavy atom. The van der Waals surface area contributed by atoms with Gasteiger partial charge in [-0.05, 0) is 26.0 Å². The lowest BCUT2D eigenvalue weighted by molar-refractivity contribution is -0.117. The lowest BCUT2D eigenvalue weighted by Gasteiger charge is -2.04. The van der Waals surface area contributed by atoms with Crippen LogP contribution in [0.4, 0.5) is 0 Å². The Labute approximate surface area is 99.6 Å². The zero-order valence-electron chi connectivity index (χ0n) is 10.0. The average Bonchev–Trinajstić information content (AvgIpc) is 2.23. The summed E-state index contributed by atoms with van der Waals surface area (Å²) in [6.45, 7) is 8.07. The molecule has 0 saturated heterocycles. The highest BCUT2D eigenvalue weighted by Gasteiger charge is 1.95. The molecule has 2 nitrogen and oxygen atoms in total. The van der Waals surface area contributed by atoms with E-state index < -0.39 is 0 Å². The smallest absolute Gasteiger partial charge is 0.133 e. The van der Waals surface area contributed by atoms with Gasteiger partial charge in [-0.15, -0.1) is 0 Å². The highest BCUT2D eigenvalue weighted by atomic mass is 16.5. The van der Waals surface area contributed by atoms with Gasteiger partial charge in [-0.3, -0.25) is 4.79 Å². The molecule has 16 heavy (non-hydrogen) atoms. The molecule has 1 rings (SSSR count). The third kappa shape index (κ3) is 8.04. The highest BCUT2D eigenvalue weighted by molar-refractivity contribution is 5.75. The summed E-state index contributed by atoms with van der Waals surface area (Å²) < 4.78 is 5.35. The van der Waals surface area contributed by atoms with Crippen LogP contribution < -0.4 is 4.74 Å². The summed E-state index contributed by atoms with van der Waals surface area (Å²) in [4.78, 5) is 10.6. The van der Waals surface area contributed by atoms with Crippen molar-refractivity contribution in [1.82, 2.24) is 0 Å². The molecule has 0 saturated carbocycles. The van der Waals surface area contributed by atoms with Gasteiger partial charge in [0.15, 0.2) is 0 Å². The number of Topliss-reactive ketones (excluding diaryl/α,β-unsaturated/α-hetero) is 1. The number of carbonyl (C=O) groups excluding carboxylic acids is 1. The van der Waals surface area contributed by atoms with Crippen molar-refractivity contribution in [2.45, 2.75) is 41.5 Å². The molecular formula is C14H24O2. The zero-order valence-corrected chi connectivity index (χ0v) is 10.0. The van der Waals surface area contributed by atoms with Gasteiger partial charge in [-0.2, -0.15) is 0 Å². The van der Waals surface area contributed by atoms with Gasteiger partial charge in [0.25, 0.3) is 0 Å². The molecule has 1 aromatic rings. The van der Waals surface area contributed by atoms with Gasteiger partial charge in [0.1, 0.15) is 11.5 Å². The van der Waals surface area contributed by atoms with Crippen LogP contribution in [-0.4, -0.2) is 12.4 Å².